The number of hydrogen-bond acceptors (Lipinski definition) is 5. The molecule has 8 heteroatoms. The minimum absolute atomic E-state index is 0.0274. The second-order valence-corrected chi connectivity index (χ2v) is 7.83. The zero-order valence-corrected chi connectivity index (χ0v) is 18.6. The lowest BCUT2D eigenvalue weighted by Gasteiger charge is -2.26. The van der Waals surface area contributed by atoms with Gasteiger partial charge in [0, 0.05) is 17.9 Å². The Kier molecular flexibility index (Phi) is 6.77. The SMILES string of the molecule is COc1ccc(CCN(C(C)=O)C2CC(=O)N(c3ccc(Br)cc3)C2=O)cc1OC. The number of benzene rings is 2. The summed E-state index contributed by atoms with van der Waals surface area (Å²) < 4.78 is 11.4. The predicted octanol–water partition coefficient (Wildman–Crippen LogP) is 3.19. The van der Waals surface area contributed by atoms with E-state index in [1.807, 2.05) is 12.1 Å². The molecule has 1 aliphatic rings. The number of carbonyl (C=O) groups excluding carboxylic acids is 3. The Bertz CT molecular complexity index is 961. The van der Waals surface area contributed by atoms with Crippen LogP contribution in [0.15, 0.2) is 46.9 Å². The highest BCUT2D eigenvalue weighted by Crippen LogP contribution is 2.29. The molecule has 1 fully saturated rings. The van der Waals surface area contributed by atoms with E-state index in [1.165, 1.54) is 11.8 Å². The van der Waals surface area contributed by atoms with Crippen molar-refractivity contribution in [3.05, 3.63) is 52.5 Å². The van der Waals surface area contributed by atoms with Crippen molar-refractivity contribution in [2.75, 3.05) is 25.7 Å². The third kappa shape index (κ3) is 4.48. The molecule has 1 saturated heterocycles. The third-order valence-electron chi connectivity index (χ3n) is 5.08. The van der Waals surface area contributed by atoms with Crippen LogP contribution in [0.3, 0.4) is 0 Å². The summed E-state index contributed by atoms with van der Waals surface area (Å²) in [5, 5.41) is 0. The summed E-state index contributed by atoms with van der Waals surface area (Å²) in [5.41, 5.74) is 1.43. The molecule has 3 amide bonds. The molecular formula is C22H23BrN2O5. The maximum Gasteiger partial charge on any atom is 0.257 e. The fraction of sp³-hybridized carbons (Fsp3) is 0.318. The van der Waals surface area contributed by atoms with Gasteiger partial charge in [0.05, 0.1) is 26.3 Å². The highest BCUT2D eigenvalue weighted by molar-refractivity contribution is 9.10. The molecule has 1 aliphatic heterocycles. The molecule has 0 saturated carbocycles. The van der Waals surface area contributed by atoms with E-state index in [0.717, 1.165) is 14.9 Å². The van der Waals surface area contributed by atoms with E-state index < -0.39 is 6.04 Å². The third-order valence-corrected chi connectivity index (χ3v) is 5.61. The van der Waals surface area contributed by atoms with Gasteiger partial charge in [0.2, 0.25) is 11.8 Å². The molecule has 0 spiro atoms. The molecular weight excluding hydrogens is 452 g/mol. The number of methoxy groups -OCH3 is 2. The van der Waals surface area contributed by atoms with Crippen molar-refractivity contribution in [3.8, 4) is 11.5 Å². The Morgan fingerprint density at radius 1 is 1.10 bits per heavy atom. The first kappa shape index (κ1) is 21.8. The number of ether oxygens (including phenoxy) is 2. The summed E-state index contributed by atoms with van der Waals surface area (Å²) >= 11 is 3.34. The van der Waals surface area contributed by atoms with Crippen LogP contribution in [-0.2, 0) is 20.8 Å². The molecule has 3 rings (SSSR count). The monoisotopic (exact) mass is 474 g/mol. The molecule has 2 aromatic rings. The molecule has 2 aromatic carbocycles. The Balaban J connectivity index is 1.76. The minimum atomic E-state index is -0.807. The Labute approximate surface area is 183 Å². The van der Waals surface area contributed by atoms with Gasteiger partial charge in [-0.25, -0.2) is 4.90 Å². The number of nitrogens with zero attached hydrogens (tertiary/aromatic N) is 2. The maximum absolute atomic E-state index is 13.0. The van der Waals surface area contributed by atoms with Gasteiger partial charge in [-0.15, -0.1) is 0 Å². The van der Waals surface area contributed by atoms with E-state index in [4.69, 9.17) is 9.47 Å². The van der Waals surface area contributed by atoms with Gasteiger partial charge in [0.15, 0.2) is 11.5 Å². The van der Waals surface area contributed by atoms with Gasteiger partial charge in [0.1, 0.15) is 6.04 Å². The quantitative estimate of drug-likeness (QED) is 0.575. The number of anilines is 1. The molecule has 30 heavy (non-hydrogen) atoms. The lowest BCUT2D eigenvalue weighted by atomic mass is 10.1. The topological polar surface area (TPSA) is 76.2 Å². The molecule has 1 unspecified atom stereocenters. The molecule has 0 aliphatic carbocycles. The average molecular weight is 475 g/mol. The molecule has 0 radical (unpaired) electrons. The lowest BCUT2D eigenvalue weighted by molar-refractivity contribution is -0.136. The summed E-state index contributed by atoms with van der Waals surface area (Å²) in [6.45, 7) is 1.72. The first-order chi connectivity index (χ1) is 14.3. The smallest absolute Gasteiger partial charge is 0.257 e. The average Bonchev–Trinajstić information content (AvgIpc) is 3.02. The number of imide groups is 1. The number of amides is 3. The van der Waals surface area contributed by atoms with E-state index >= 15 is 0 Å². The Morgan fingerprint density at radius 2 is 1.77 bits per heavy atom. The van der Waals surface area contributed by atoms with E-state index in [9.17, 15) is 14.4 Å². The van der Waals surface area contributed by atoms with Crippen LogP contribution < -0.4 is 14.4 Å². The highest BCUT2D eigenvalue weighted by Gasteiger charge is 2.43. The predicted molar refractivity (Wildman–Crippen MR) is 116 cm³/mol. The fourth-order valence-corrected chi connectivity index (χ4v) is 3.80. The summed E-state index contributed by atoms with van der Waals surface area (Å²) in [6, 6.07) is 11.6. The van der Waals surface area contributed by atoms with Crippen molar-refractivity contribution in [1.29, 1.82) is 0 Å². The van der Waals surface area contributed by atoms with Gasteiger partial charge >= 0.3 is 0 Å². The van der Waals surface area contributed by atoms with Gasteiger partial charge in [0.25, 0.3) is 5.91 Å². The van der Waals surface area contributed by atoms with Gasteiger partial charge in [-0.1, -0.05) is 22.0 Å². The number of halogens is 1. The molecule has 0 bridgehead atoms. The van der Waals surface area contributed by atoms with E-state index in [-0.39, 0.29) is 24.1 Å². The maximum atomic E-state index is 13.0. The van der Waals surface area contributed by atoms with Crippen LogP contribution >= 0.6 is 15.9 Å². The minimum Gasteiger partial charge on any atom is -0.493 e. The van der Waals surface area contributed by atoms with Crippen LogP contribution in [0.4, 0.5) is 5.69 Å². The van der Waals surface area contributed by atoms with Crippen LogP contribution in [0.1, 0.15) is 18.9 Å². The normalized spacial score (nSPS) is 16.0. The van der Waals surface area contributed by atoms with Crippen LogP contribution in [-0.4, -0.2) is 49.4 Å². The zero-order chi connectivity index (χ0) is 21.8. The first-order valence-corrected chi connectivity index (χ1v) is 10.3. The molecule has 1 atom stereocenters. The van der Waals surface area contributed by atoms with Gasteiger partial charge in [-0.2, -0.15) is 0 Å². The highest BCUT2D eigenvalue weighted by atomic mass is 79.9. The van der Waals surface area contributed by atoms with E-state index in [2.05, 4.69) is 15.9 Å². The van der Waals surface area contributed by atoms with Crippen molar-refractivity contribution < 1.29 is 23.9 Å². The second-order valence-electron chi connectivity index (χ2n) is 6.92. The number of carbonyl (C=O) groups is 3. The van der Waals surface area contributed by atoms with Crippen molar-refractivity contribution in [2.24, 2.45) is 0 Å². The largest absolute Gasteiger partial charge is 0.493 e. The van der Waals surface area contributed by atoms with Gasteiger partial charge < -0.3 is 14.4 Å². The summed E-state index contributed by atoms with van der Waals surface area (Å²) in [5.74, 6) is 0.262. The van der Waals surface area contributed by atoms with E-state index in [0.29, 0.717) is 30.2 Å². The summed E-state index contributed by atoms with van der Waals surface area (Å²) in [4.78, 5) is 40.5. The Morgan fingerprint density at radius 3 is 2.37 bits per heavy atom. The van der Waals surface area contributed by atoms with Gasteiger partial charge in [-0.3, -0.25) is 14.4 Å². The van der Waals surface area contributed by atoms with Crippen LogP contribution in [0.2, 0.25) is 0 Å². The van der Waals surface area contributed by atoms with Gasteiger partial charge in [-0.05, 0) is 48.4 Å². The van der Waals surface area contributed by atoms with Crippen molar-refractivity contribution in [1.82, 2.24) is 4.90 Å². The molecule has 0 N–H and O–H groups in total. The zero-order valence-electron chi connectivity index (χ0n) is 17.1. The Hall–Kier alpha value is -2.87. The van der Waals surface area contributed by atoms with E-state index in [1.54, 1.807) is 44.6 Å². The molecule has 7 nitrogen and oxygen atoms in total. The van der Waals surface area contributed by atoms with Crippen LogP contribution in [0.5, 0.6) is 11.5 Å². The van der Waals surface area contributed by atoms with Crippen molar-refractivity contribution in [3.63, 3.8) is 0 Å². The summed E-state index contributed by atoms with van der Waals surface area (Å²) in [7, 11) is 3.12. The fourth-order valence-electron chi connectivity index (χ4n) is 3.54. The lowest BCUT2D eigenvalue weighted by Crippen LogP contribution is -2.45. The summed E-state index contributed by atoms with van der Waals surface area (Å²) in [6.07, 6.45) is 0.483. The van der Waals surface area contributed by atoms with Crippen LogP contribution in [0.25, 0.3) is 0 Å². The standard InChI is InChI=1S/C22H23BrN2O5/c1-14(26)24(11-10-15-4-9-19(29-2)20(12-15)30-3)18-13-21(27)25(22(18)28)17-7-5-16(23)6-8-17/h4-9,12,18H,10-11,13H2,1-3H3. The first-order valence-electron chi connectivity index (χ1n) is 9.46. The number of hydrogen-bond donors (Lipinski definition) is 0. The second kappa shape index (κ2) is 9.30. The molecule has 158 valence electrons. The van der Waals surface area contributed by atoms with Crippen molar-refractivity contribution in [2.45, 2.75) is 25.8 Å². The van der Waals surface area contributed by atoms with Crippen molar-refractivity contribution >= 4 is 39.3 Å². The molecule has 1 heterocycles. The molecule has 0 aromatic heterocycles. The van der Waals surface area contributed by atoms with Crippen LogP contribution in [0, 0.1) is 0 Å². The number of rotatable bonds is 7.